The van der Waals surface area contributed by atoms with E-state index in [9.17, 15) is 4.79 Å². The minimum atomic E-state index is -0.841. The molecule has 1 aromatic heterocycles. The van der Waals surface area contributed by atoms with Crippen molar-refractivity contribution in [1.29, 1.82) is 0 Å². The molecule has 0 saturated carbocycles. The molecule has 21 heavy (non-hydrogen) atoms. The van der Waals surface area contributed by atoms with Gasteiger partial charge in [0, 0.05) is 18.8 Å². The first-order chi connectivity index (χ1) is 10.0. The molecule has 5 nitrogen and oxygen atoms in total. The summed E-state index contributed by atoms with van der Waals surface area (Å²) in [4.78, 5) is 17.9. The standard InChI is InChI=1S/C16H21N3O2/c1-11-5-7-18(8-6-11)13-3-4-15-14(9-13)17-12(2)19(15)10-16(20)21/h3-4,9,11H,5-8,10H2,1-2H3,(H,20,21). The number of carbonyl (C=O) groups is 1. The lowest BCUT2D eigenvalue weighted by Gasteiger charge is -2.32. The van der Waals surface area contributed by atoms with Crippen molar-refractivity contribution in [1.82, 2.24) is 9.55 Å². The van der Waals surface area contributed by atoms with Crippen molar-refractivity contribution in [2.45, 2.75) is 33.2 Å². The molecule has 1 fully saturated rings. The number of carboxylic acid groups (broad SMARTS) is 1. The van der Waals surface area contributed by atoms with Crippen LogP contribution in [0, 0.1) is 12.8 Å². The zero-order valence-electron chi connectivity index (χ0n) is 12.5. The molecule has 0 aliphatic carbocycles. The Morgan fingerprint density at radius 1 is 1.38 bits per heavy atom. The molecule has 1 aromatic carbocycles. The van der Waals surface area contributed by atoms with Crippen LogP contribution in [0.1, 0.15) is 25.6 Å². The van der Waals surface area contributed by atoms with E-state index < -0.39 is 5.97 Å². The molecule has 2 aromatic rings. The molecular formula is C16H21N3O2. The molecule has 0 bridgehead atoms. The molecule has 5 heteroatoms. The number of hydrogen-bond acceptors (Lipinski definition) is 3. The van der Waals surface area contributed by atoms with Crippen LogP contribution in [0.2, 0.25) is 0 Å². The maximum Gasteiger partial charge on any atom is 0.323 e. The van der Waals surface area contributed by atoms with Gasteiger partial charge in [0.15, 0.2) is 0 Å². The smallest absolute Gasteiger partial charge is 0.323 e. The number of aliphatic carboxylic acids is 1. The van der Waals surface area contributed by atoms with Crippen molar-refractivity contribution in [3.63, 3.8) is 0 Å². The van der Waals surface area contributed by atoms with Crippen LogP contribution in [0.5, 0.6) is 0 Å². The summed E-state index contributed by atoms with van der Waals surface area (Å²) in [6.45, 7) is 6.29. The second-order valence-electron chi connectivity index (χ2n) is 5.98. The van der Waals surface area contributed by atoms with E-state index in [1.165, 1.54) is 18.5 Å². The maximum atomic E-state index is 11.0. The Morgan fingerprint density at radius 3 is 2.76 bits per heavy atom. The number of imidazole rings is 1. The third kappa shape index (κ3) is 2.73. The van der Waals surface area contributed by atoms with Crippen LogP contribution in [0.25, 0.3) is 11.0 Å². The van der Waals surface area contributed by atoms with Gasteiger partial charge in [0.25, 0.3) is 0 Å². The summed E-state index contributed by atoms with van der Waals surface area (Å²) in [6, 6.07) is 6.15. The summed E-state index contributed by atoms with van der Waals surface area (Å²) in [5.41, 5.74) is 2.96. The highest BCUT2D eigenvalue weighted by molar-refractivity contribution is 5.82. The molecule has 0 radical (unpaired) electrons. The monoisotopic (exact) mass is 287 g/mol. The third-order valence-corrected chi connectivity index (χ3v) is 4.36. The number of aryl methyl sites for hydroxylation is 1. The van der Waals surface area contributed by atoms with Gasteiger partial charge < -0.3 is 14.6 Å². The van der Waals surface area contributed by atoms with E-state index >= 15 is 0 Å². The van der Waals surface area contributed by atoms with Gasteiger partial charge in [0.1, 0.15) is 12.4 Å². The van der Waals surface area contributed by atoms with Gasteiger partial charge in [-0.3, -0.25) is 4.79 Å². The topological polar surface area (TPSA) is 58.4 Å². The van der Waals surface area contributed by atoms with E-state index in [4.69, 9.17) is 5.11 Å². The lowest BCUT2D eigenvalue weighted by molar-refractivity contribution is -0.137. The second kappa shape index (κ2) is 5.39. The van der Waals surface area contributed by atoms with Crippen molar-refractivity contribution in [2.24, 2.45) is 5.92 Å². The second-order valence-corrected chi connectivity index (χ2v) is 5.98. The third-order valence-electron chi connectivity index (χ3n) is 4.36. The van der Waals surface area contributed by atoms with Crippen LogP contribution < -0.4 is 4.90 Å². The van der Waals surface area contributed by atoms with Crippen LogP contribution in [-0.2, 0) is 11.3 Å². The number of fused-ring (bicyclic) bond motifs is 1. The summed E-state index contributed by atoms with van der Waals surface area (Å²) < 4.78 is 1.75. The van der Waals surface area contributed by atoms with E-state index in [-0.39, 0.29) is 6.54 Å². The van der Waals surface area contributed by atoms with Gasteiger partial charge in [-0.1, -0.05) is 6.92 Å². The SMILES string of the molecule is Cc1nc2cc(N3CCC(C)CC3)ccc2n1CC(=O)O. The molecule has 1 N–H and O–H groups in total. The Bertz CT molecular complexity index is 669. The van der Waals surface area contributed by atoms with Crippen LogP contribution in [0.4, 0.5) is 5.69 Å². The quantitative estimate of drug-likeness (QED) is 0.943. The fourth-order valence-electron chi connectivity index (χ4n) is 3.04. The first kappa shape index (κ1) is 13.9. The Kier molecular flexibility index (Phi) is 3.57. The van der Waals surface area contributed by atoms with Crippen molar-refractivity contribution in [3.05, 3.63) is 24.0 Å². The van der Waals surface area contributed by atoms with Gasteiger partial charge >= 0.3 is 5.97 Å². The minimum Gasteiger partial charge on any atom is -0.480 e. The van der Waals surface area contributed by atoms with E-state index in [1.54, 1.807) is 4.57 Å². The number of benzene rings is 1. The Hall–Kier alpha value is -2.04. The number of rotatable bonds is 3. The highest BCUT2D eigenvalue weighted by Gasteiger charge is 2.17. The van der Waals surface area contributed by atoms with Gasteiger partial charge in [-0.2, -0.15) is 0 Å². The zero-order valence-corrected chi connectivity index (χ0v) is 12.5. The Balaban J connectivity index is 1.92. The van der Waals surface area contributed by atoms with E-state index in [1.807, 2.05) is 13.0 Å². The summed E-state index contributed by atoms with van der Waals surface area (Å²) in [7, 11) is 0. The van der Waals surface area contributed by atoms with Crippen LogP contribution in [0.15, 0.2) is 18.2 Å². The van der Waals surface area contributed by atoms with Crippen LogP contribution in [0.3, 0.4) is 0 Å². The summed E-state index contributed by atoms with van der Waals surface area (Å²) in [5.74, 6) is 0.713. The number of piperidine rings is 1. The zero-order chi connectivity index (χ0) is 15.0. The van der Waals surface area contributed by atoms with Crippen LogP contribution >= 0.6 is 0 Å². The Morgan fingerprint density at radius 2 is 2.10 bits per heavy atom. The van der Waals surface area contributed by atoms with E-state index in [2.05, 4.69) is 28.9 Å². The molecule has 1 aliphatic heterocycles. The number of nitrogens with zero attached hydrogens (tertiary/aromatic N) is 3. The van der Waals surface area contributed by atoms with Gasteiger partial charge in [0.2, 0.25) is 0 Å². The van der Waals surface area contributed by atoms with Crippen LogP contribution in [-0.4, -0.2) is 33.7 Å². The molecule has 0 unspecified atom stereocenters. The lowest BCUT2D eigenvalue weighted by Crippen LogP contribution is -2.32. The maximum absolute atomic E-state index is 11.0. The van der Waals surface area contributed by atoms with Gasteiger partial charge in [-0.15, -0.1) is 0 Å². The number of anilines is 1. The Labute approximate surface area is 124 Å². The fourth-order valence-corrected chi connectivity index (χ4v) is 3.04. The van der Waals surface area contributed by atoms with Crippen molar-refractivity contribution < 1.29 is 9.90 Å². The number of hydrogen-bond donors (Lipinski definition) is 1. The number of carboxylic acids is 1. The van der Waals surface area contributed by atoms with Crippen molar-refractivity contribution in [2.75, 3.05) is 18.0 Å². The molecule has 0 amide bonds. The molecular weight excluding hydrogens is 266 g/mol. The van der Waals surface area contributed by atoms with Gasteiger partial charge in [-0.25, -0.2) is 4.98 Å². The molecule has 112 valence electrons. The van der Waals surface area contributed by atoms with Gasteiger partial charge in [-0.05, 0) is 43.9 Å². The summed E-state index contributed by atoms with van der Waals surface area (Å²) >= 11 is 0. The first-order valence-corrected chi connectivity index (χ1v) is 7.48. The average molecular weight is 287 g/mol. The molecule has 0 spiro atoms. The largest absolute Gasteiger partial charge is 0.480 e. The predicted molar refractivity (Wildman–Crippen MR) is 82.7 cm³/mol. The van der Waals surface area contributed by atoms with Crippen molar-refractivity contribution >= 4 is 22.7 Å². The molecule has 1 saturated heterocycles. The number of aromatic nitrogens is 2. The summed E-state index contributed by atoms with van der Waals surface area (Å²) in [6.07, 6.45) is 2.45. The predicted octanol–water partition coefficient (Wildman–Crippen LogP) is 2.67. The molecule has 0 atom stereocenters. The average Bonchev–Trinajstić information content (AvgIpc) is 2.74. The summed E-state index contributed by atoms with van der Waals surface area (Å²) in [5, 5.41) is 9.00. The molecule has 1 aliphatic rings. The molecule has 3 rings (SSSR count). The molecule has 2 heterocycles. The fraction of sp³-hybridized carbons (Fsp3) is 0.500. The minimum absolute atomic E-state index is 0.0388. The normalized spacial score (nSPS) is 16.6. The van der Waals surface area contributed by atoms with E-state index in [0.717, 1.165) is 35.9 Å². The van der Waals surface area contributed by atoms with Gasteiger partial charge in [0.05, 0.1) is 11.0 Å². The highest BCUT2D eigenvalue weighted by atomic mass is 16.4. The lowest BCUT2D eigenvalue weighted by atomic mass is 9.99. The van der Waals surface area contributed by atoms with Crippen molar-refractivity contribution in [3.8, 4) is 0 Å². The highest BCUT2D eigenvalue weighted by Crippen LogP contribution is 2.26. The van der Waals surface area contributed by atoms with E-state index in [0.29, 0.717) is 0 Å². The first-order valence-electron chi connectivity index (χ1n) is 7.48.